The predicted molar refractivity (Wildman–Crippen MR) is 129 cm³/mol. The zero-order valence-electron chi connectivity index (χ0n) is 20.0. The third kappa shape index (κ3) is 7.62. The first-order valence-corrected chi connectivity index (χ1v) is 11.1. The van der Waals surface area contributed by atoms with E-state index in [2.05, 4.69) is 5.32 Å². The van der Waals surface area contributed by atoms with Crippen LogP contribution in [-0.4, -0.2) is 46.9 Å². The summed E-state index contributed by atoms with van der Waals surface area (Å²) in [5, 5.41) is 14.6. The maximum atomic E-state index is 13.2. The van der Waals surface area contributed by atoms with Crippen LogP contribution in [0.15, 0.2) is 42.5 Å². The van der Waals surface area contributed by atoms with Crippen molar-refractivity contribution in [3.63, 3.8) is 0 Å². The Morgan fingerprint density at radius 2 is 1.82 bits per heavy atom. The Kier molecular flexibility index (Phi) is 9.26. The van der Waals surface area contributed by atoms with Gasteiger partial charge in [0.15, 0.2) is 6.61 Å². The summed E-state index contributed by atoms with van der Waals surface area (Å²) in [7, 11) is 1.31. The van der Waals surface area contributed by atoms with Gasteiger partial charge in [0.25, 0.3) is 5.91 Å². The fourth-order valence-electron chi connectivity index (χ4n) is 3.29. The smallest absolute Gasteiger partial charge is 0.311 e. The molecule has 0 unspecified atom stereocenters. The first kappa shape index (κ1) is 26.9. The molecule has 9 nitrogen and oxygen atoms in total. The molecule has 0 spiro atoms. The van der Waals surface area contributed by atoms with Gasteiger partial charge in [0.2, 0.25) is 11.7 Å². The minimum Gasteiger partial charge on any atom is -0.490 e. The molecule has 0 aliphatic rings. The number of halogens is 1. The van der Waals surface area contributed by atoms with Gasteiger partial charge in [-0.05, 0) is 51.0 Å². The van der Waals surface area contributed by atoms with Gasteiger partial charge in [-0.3, -0.25) is 19.7 Å². The Balaban J connectivity index is 2.26. The van der Waals surface area contributed by atoms with Gasteiger partial charge < -0.3 is 19.7 Å². The summed E-state index contributed by atoms with van der Waals surface area (Å²) < 4.78 is 10.7. The first-order chi connectivity index (χ1) is 15.9. The van der Waals surface area contributed by atoms with Gasteiger partial charge in [-0.15, -0.1) is 0 Å². The molecule has 0 heterocycles. The average Bonchev–Trinajstić information content (AvgIpc) is 2.77. The third-order valence-corrected chi connectivity index (χ3v) is 5.11. The van der Waals surface area contributed by atoms with E-state index in [1.165, 1.54) is 30.2 Å². The van der Waals surface area contributed by atoms with Crippen LogP contribution in [0.1, 0.15) is 39.7 Å². The van der Waals surface area contributed by atoms with E-state index in [1.807, 2.05) is 27.7 Å². The Labute approximate surface area is 204 Å². The zero-order valence-corrected chi connectivity index (χ0v) is 20.7. The Morgan fingerprint density at radius 3 is 2.35 bits per heavy atom. The van der Waals surface area contributed by atoms with Gasteiger partial charge in [0.1, 0.15) is 11.8 Å². The van der Waals surface area contributed by atoms with E-state index < -0.39 is 22.4 Å². The second kappa shape index (κ2) is 11.7. The highest BCUT2D eigenvalue weighted by Gasteiger charge is 2.31. The van der Waals surface area contributed by atoms with E-state index in [9.17, 15) is 19.7 Å². The predicted octanol–water partition coefficient (Wildman–Crippen LogP) is 4.36. The van der Waals surface area contributed by atoms with Crippen molar-refractivity contribution in [2.45, 2.75) is 52.2 Å². The molecule has 0 aromatic heterocycles. The summed E-state index contributed by atoms with van der Waals surface area (Å²) in [6.45, 7) is 7.25. The second-order valence-corrected chi connectivity index (χ2v) is 9.13. The molecule has 0 saturated carbocycles. The summed E-state index contributed by atoms with van der Waals surface area (Å²) in [5.41, 5.74) is 0.123. The van der Waals surface area contributed by atoms with Gasteiger partial charge >= 0.3 is 5.69 Å². The Hall–Kier alpha value is -3.33. The van der Waals surface area contributed by atoms with Gasteiger partial charge in [-0.2, -0.15) is 0 Å². The molecule has 34 heavy (non-hydrogen) atoms. The highest BCUT2D eigenvalue weighted by molar-refractivity contribution is 6.30. The van der Waals surface area contributed by atoms with Crippen LogP contribution in [0.3, 0.4) is 0 Å². The quantitative estimate of drug-likeness (QED) is 0.390. The standard InChI is InChI=1S/C24H30ClN3O6/c1-6-19(23(30)26-24(2,3)4)27(14-16-7-9-17(25)10-8-16)22(29)15-34-18-11-12-20(28(31)32)21(13-18)33-5/h7-13,19H,6,14-15H2,1-5H3,(H,26,30)/t19-/m0/s1. The summed E-state index contributed by atoms with van der Waals surface area (Å²) in [5.74, 6) is -0.434. The molecule has 184 valence electrons. The van der Waals surface area contributed by atoms with Crippen molar-refractivity contribution in [1.82, 2.24) is 10.2 Å². The van der Waals surface area contributed by atoms with E-state index in [-0.39, 0.29) is 36.2 Å². The number of rotatable bonds is 10. The molecule has 1 atom stereocenters. The van der Waals surface area contributed by atoms with Crippen LogP contribution in [0.2, 0.25) is 5.02 Å². The Bertz CT molecular complexity index is 1020. The number of nitro benzene ring substituents is 1. The number of benzene rings is 2. The molecule has 1 N–H and O–H groups in total. The zero-order chi connectivity index (χ0) is 25.5. The van der Waals surface area contributed by atoms with Gasteiger partial charge in [0, 0.05) is 29.2 Å². The second-order valence-electron chi connectivity index (χ2n) is 8.69. The molecular weight excluding hydrogens is 462 g/mol. The van der Waals surface area contributed by atoms with Crippen LogP contribution in [-0.2, 0) is 16.1 Å². The topological polar surface area (TPSA) is 111 Å². The molecule has 0 bridgehead atoms. The number of carbonyl (C=O) groups is 2. The van der Waals surface area contributed by atoms with Crippen molar-refractivity contribution in [1.29, 1.82) is 0 Å². The molecule has 0 radical (unpaired) electrons. The number of amides is 2. The number of hydrogen-bond donors (Lipinski definition) is 1. The van der Waals surface area contributed by atoms with Gasteiger partial charge in [0.05, 0.1) is 12.0 Å². The Morgan fingerprint density at radius 1 is 1.18 bits per heavy atom. The van der Waals surface area contributed by atoms with Crippen LogP contribution in [0, 0.1) is 10.1 Å². The van der Waals surface area contributed by atoms with Gasteiger partial charge in [-0.25, -0.2) is 0 Å². The number of nitrogens with one attached hydrogen (secondary N) is 1. The maximum Gasteiger partial charge on any atom is 0.311 e. The largest absolute Gasteiger partial charge is 0.490 e. The van der Waals surface area contributed by atoms with Crippen molar-refractivity contribution in [2.75, 3.05) is 13.7 Å². The van der Waals surface area contributed by atoms with E-state index in [0.717, 1.165) is 5.56 Å². The molecule has 2 amide bonds. The number of hydrogen-bond acceptors (Lipinski definition) is 6. The molecule has 0 aliphatic heterocycles. The molecule has 2 aromatic rings. The SMILES string of the molecule is CC[C@@H](C(=O)NC(C)(C)C)N(Cc1ccc(Cl)cc1)C(=O)COc1ccc([N+](=O)[O-])c(OC)c1. The first-order valence-electron chi connectivity index (χ1n) is 10.8. The van der Waals surface area contributed by atoms with E-state index in [4.69, 9.17) is 21.1 Å². The van der Waals surface area contributed by atoms with Crippen LogP contribution >= 0.6 is 11.6 Å². The van der Waals surface area contributed by atoms with Crippen molar-refractivity contribution < 1.29 is 24.0 Å². The molecule has 10 heteroatoms. The number of carbonyl (C=O) groups excluding carboxylic acids is 2. The van der Waals surface area contributed by atoms with Crippen molar-refractivity contribution >= 4 is 29.1 Å². The average molecular weight is 492 g/mol. The molecular formula is C24H30ClN3O6. The summed E-state index contributed by atoms with van der Waals surface area (Å²) in [6, 6.07) is 10.3. The lowest BCUT2D eigenvalue weighted by Gasteiger charge is -2.33. The monoisotopic (exact) mass is 491 g/mol. The lowest BCUT2D eigenvalue weighted by atomic mass is 10.1. The van der Waals surface area contributed by atoms with E-state index in [0.29, 0.717) is 11.4 Å². The maximum absolute atomic E-state index is 13.2. The highest BCUT2D eigenvalue weighted by Crippen LogP contribution is 2.30. The number of nitrogens with zero attached hydrogens (tertiary/aromatic N) is 2. The lowest BCUT2D eigenvalue weighted by Crippen LogP contribution is -2.54. The minimum absolute atomic E-state index is 0.0176. The summed E-state index contributed by atoms with van der Waals surface area (Å²) in [4.78, 5) is 38.2. The van der Waals surface area contributed by atoms with Crippen LogP contribution in [0.5, 0.6) is 11.5 Å². The fourth-order valence-corrected chi connectivity index (χ4v) is 3.41. The van der Waals surface area contributed by atoms with Crippen molar-refractivity contribution in [2.24, 2.45) is 0 Å². The molecule has 2 aromatic carbocycles. The molecule has 0 aliphatic carbocycles. The normalized spacial score (nSPS) is 11.9. The van der Waals surface area contributed by atoms with Crippen molar-refractivity contribution in [3.05, 3.63) is 63.2 Å². The fraction of sp³-hybridized carbons (Fsp3) is 0.417. The highest BCUT2D eigenvalue weighted by atomic mass is 35.5. The lowest BCUT2D eigenvalue weighted by molar-refractivity contribution is -0.385. The van der Waals surface area contributed by atoms with Crippen LogP contribution in [0.4, 0.5) is 5.69 Å². The molecule has 2 rings (SSSR count). The molecule has 0 fully saturated rings. The summed E-state index contributed by atoms with van der Waals surface area (Å²) >= 11 is 5.98. The van der Waals surface area contributed by atoms with Crippen LogP contribution < -0.4 is 14.8 Å². The third-order valence-electron chi connectivity index (χ3n) is 4.86. The van der Waals surface area contributed by atoms with Crippen molar-refractivity contribution in [3.8, 4) is 11.5 Å². The van der Waals surface area contributed by atoms with E-state index in [1.54, 1.807) is 24.3 Å². The van der Waals surface area contributed by atoms with E-state index >= 15 is 0 Å². The van der Waals surface area contributed by atoms with Gasteiger partial charge in [-0.1, -0.05) is 30.7 Å². The summed E-state index contributed by atoms with van der Waals surface area (Å²) in [6.07, 6.45) is 0.395. The number of nitro groups is 1. The molecule has 0 saturated heterocycles. The number of methoxy groups -OCH3 is 1. The minimum atomic E-state index is -0.725. The van der Waals surface area contributed by atoms with Crippen LogP contribution in [0.25, 0.3) is 0 Å². The number of ether oxygens (including phenoxy) is 2.